The second-order valence-corrected chi connectivity index (χ2v) is 10.8. The van der Waals surface area contributed by atoms with E-state index in [1.54, 1.807) is 29.9 Å². The van der Waals surface area contributed by atoms with Crippen LogP contribution in [-0.4, -0.2) is 42.5 Å². The van der Waals surface area contributed by atoms with E-state index in [1.165, 1.54) is 31.5 Å². The van der Waals surface area contributed by atoms with Gasteiger partial charge in [0.25, 0.3) is 5.91 Å². The number of nitrogens with zero attached hydrogens (tertiary/aromatic N) is 3. The summed E-state index contributed by atoms with van der Waals surface area (Å²) in [5.74, 6) is -0.352. The zero-order valence-corrected chi connectivity index (χ0v) is 20.2. The van der Waals surface area contributed by atoms with Gasteiger partial charge in [-0.3, -0.25) is 9.48 Å². The summed E-state index contributed by atoms with van der Waals surface area (Å²) >= 11 is 1.50. The molecule has 0 bridgehead atoms. The molecular weight excluding hydrogens is 456 g/mol. The smallest absolute Gasteiger partial charge is 0.259 e. The number of benzene rings is 2. The molecule has 0 spiro atoms. The molecule has 0 aliphatic heterocycles. The summed E-state index contributed by atoms with van der Waals surface area (Å²) in [5.41, 5.74) is 3.09. The number of carbonyl (C=O) groups is 1. The first kappa shape index (κ1) is 22.9. The molecule has 0 atom stereocenters. The highest BCUT2D eigenvalue weighted by Gasteiger charge is 2.22. The predicted octanol–water partition coefficient (Wildman–Crippen LogP) is 4.47. The van der Waals surface area contributed by atoms with Crippen LogP contribution in [-0.2, 0) is 16.6 Å². The molecule has 0 saturated heterocycles. The number of rotatable bonds is 7. The number of hydrogen-bond donors (Lipinski definition) is 1. The number of amides is 1. The number of nitrogens with one attached hydrogen (secondary N) is 1. The summed E-state index contributed by atoms with van der Waals surface area (Å²) in [7, 11) is -0.676. The van der Waals surface area contributed by atoms with Gasteiger partial charge in [-0.05, 0) is 41.6 Å². The van der Waals surface area contributed by atoms with Crippen molar-refractivity contribution in [3.63, 3.8) is 0 Å². The zero-order chi connectivity index (χ0) is 23.6. The van der Waals surface area contributed by atoms with Gasteiger partial charge in [-0.25, -0.2) is 12.7 Å². The third-order valence-corrected chi connectivity index (χ3v) is 7.99. The molecule has 0 radical (unpaired) electrons. The Bertz CT molecular complexity index is 1380. The van der Waals surface area contributed by atoms with Gasteiger partial charge in [-0.2, -0.15) is 5.10 Å². The minimum absolute atomic E-state index is 0.156. The van der Waals surface area contributed by atoms with Crippen LogP contribution in [0.1, 0.15) is 21.5 Å². The van der Waals surface area contributed by atoms with Crippen molar-refractivity contribution in [3.05, 3.63) is 88.9 Å². The first-order valence-electron chi connectivity index (χ1n) is 10.3. The van der Waals surface area contributed by atoms with Crippen LogP contribution in [0.15, 0.2) is 77.1 Å². The van der Waals surface area contributed by atoms with Crippen LogP contribution in [0.4, 0.5) is 5.69 Å². The highest BCUT2D eigenvalue weighted by molar-refractivity contribution is 7.89. The van der Waals surface area contributed by atoms with Crippen LogP contribution >= 0.6 is 11.3 Å². The van der Waals surface area contributed by atoms with E-state index in [9.17, 15) is 13.2 Å². The highest BCUT2D eigenvalue weighted by atomic mass is 32.2. The number of carbonyl (C=O) groups excluding carboxylic acids is 1. The molecule has 4 rings (SSSR count). The molecule has 170 valence electrons. The van der Waals surface area contributed by atoms with Crippen LogP contribution in [0.3, 0.4) is 0 Å². The van der Waals surface area contributed by atoms with E-state index in [1.807, 2.05) is 47.8 Å². The number of anilines is 1. The van der Waals surface area contributed by atoms with Gasteiger partial charge in [0.2, 0.25) is 10.0 Å². The van der Waals surface area contributed by atoms with E-state index in [2.05, 4.69) is 10.4 Å². The molecule has 0 aliphatic carbocycles. The summed E-state index contributed by atoms with van der Waals surface area (Å²) in [5, 5.41) is 9.45. The number of aryl methyl sites for hydroxylation is 1. The topological polar surface area (TPSA) is 84.3 Å². The van der Waals surface area contributed by atoms with Gasteiger partial charge in [0.1, 0.15) is 5.69 Å². The summed E-state index contributed by atoms with van der Waals surface area (Å²) in [6.45, 7) is 2.26. The van der Waals surface area contributed by atoms with Gasteiger partial charge in [0, 0.05) is 26.0 Å². The van der Waals surface area contributed by atoms with Crippen LogP contribution < -0.4 is 5.32 Å². The van der Waals surface area contributed by atoms with Crippen molar-refractivity contribution in [1.29, 1.82) is 0 Å². The Morgan fingerprint density at radius 1 is 1.09 bits per heavy atom. The summed E-state index contributed by atoms with van der Waals surface area (Å²) in [6.07, 6.45) is 1.73. The quantitative estimate of drug-likeness (QED) is 0.423. The minimum Gasteiger partial charge on any atom is -0.322 e. The van der Waals surface area contributed by atoms with Gasteiger partial charge >= 0.3 is 0 Å². The molecule has 4 aromatic rings. The second kappa shape index (κ2) is 9.30. The molecule has 0 saturated carbocycles. The van der Waals surface area contributed by atoms with Gasteiger partial charge in [0.15, 0.2) is 0 Å². The maximum Gasteiger partial charge on any atom is 0.259 e. The Morgan fingerprint density at radius 2 is 1.85 bits per heavy atom. The maximum absolute atomic E-state index is 13.3. The Labute approximate surface area is 197 Å². The fourth-order valence-electron chi connectivity index (χ4n) is 3.39. The lowest BCUT2D eigenvalue weighted by molar-refractivity contribution is 0.102. The zero-order valence-electron chi connectivity index (χ0n) is 18.5. The molecule has 0 aliphatic rings. The van der Waals surface area contributed by atoms with E-state index < -0.39 is 10.0 Å². The van der Waals surface area contributed by atoms with Crippen molar-refractivity contribution in [2.24, 2.45) is 0 Å². The number of aromatic nitrogens is 2. The van der Waals surface area contributed by atoms with Gasteiger partial charge in [-0.15, -0.1) is 11.3 Å². The molecule has 2 aromatic carbocycles. The average molecular weight is 481 g/mol. The lowest BCUT2D eigenvalue weighted by atomic mass is 10.2. The van der Waals surface area contributed by atoms with Gasteiger partial charge < -0.3 is 5.32 Å². The fraction of sp³-hybridized carbons (Fsp3) is 0.167. The molecule has 0 unspecified atom stereocenters. The van der Waals surface area contributed by atoms with E-state index >= 15 is 0 Å². The Balaban J connectivity index is 1.67. The number of thiophene rings is 1. The molecule has 33 heavy (non-hydrogen) atoms. The summed E-state index contributed by atoms with van der Waals surface area (Å²) < 4.78 is 28.2. The van der Waals surface area contributed by atoms with E-state index in [4.69, 9.17) is 0 Å². The largest absolute Gasteiger partial charge is 0.322 e. The fourth-order valence-corrected chi connectivity index (χ4v) is 5.25. The SMILES string of the molecule is Cc1ccc(NC(=O)c2cn(Cc3ccccc3)nc2-c2cccs2)cc1S(=O)(=O)N(C)C. The van der Waals surface area contributed by atoms with Crippen LogP contribution in [0.25, 0.3) is 10.6 Å². The van der Waals surface area contributed by atoms with E-state index in [-0.39, 0.29) is 10.8 Å². The third kappa shape index (κ3) is 4.90. The number of sulfonamides is 1. The molecule has 7 nitrogen and oxygen atoms in total. The standard InChI is InChI=1S/C24H24N4O3S2/c1-17-11-12-19(14-22(17)33(30,31)27(2)3)25-24(29)20-16-28(15-18-8-5-4-6-9-18)26-23(20)21-10-7-13-32-21/h4-14,16H,15H2,1-3H3,(H,25,29). The van der Waals surface area contributed by atoms with Gasteiger partial charge in [0.05, 0.1) is 21.9 Å². The van der Waals surface area contributed by atoms with Crippen molar-refractivity contribution in [1.82, 2.24) is 14.1 Å². The van der Waals surface area contributed by atoms with Crippen LogP contribution in [0, 0.1) is 6.92 Å². The average Bonchev–Trinajstić information content (AvgIpc) is 3.45. The van der Waals surface area contributed by atoms with Crippen molar-refractivity contribution in [3.8, 4) is 10.6 Å². The van der Waals surface area contributed by atoms with Crippen LogP contribution in [0.2, 0.25) is 0 Å². The molecule has 9 heteroatoms. The van der Waals surface area contributed by atoms with Crippen LogP contribution in [0.5, 0.6) is 0 Å². The molecule has 2 heterocycles. The second-order valence-electron chi connectivity index (χ2n) is 7.77. The van der Waals surface area contributed by atoms with Gasteiger partial charge in [-0.1, -0.05) is 42.5 Å². The Morgan fingerprint density at radius 3 is 2.52 bits per heavy atom. The lowest BCUT2D eigenvalue weighted by Crippen LogP contribution is -2.23. The summed E-state index contributed by atoms with van der Waals surface area (Å²) in [6, 6.07) is 18.6. The minimum atomic E-state index is -3.64. The maximum atomic E-state index is 13.3. The predicted molar refractivity (Wildman–Crippen MR) is 131 cm³/mol. The third-order valence-electron chi connectivity index (χ3n) is 5.15. The van der Waals surface area contributed by atoms with E-state index in [0.717, 1.165) is 14.7 Å². The Kier molecular flexibility index (Phi) is 6.46. The van der Waals surface area contributed by atoms with Crippen molar-refractivity contribution < 1.29 is 13.2 Å². The monoisotopic (exact) mass is 480 g/mol. The molecule has 2 aromatic heterocycles. The van der Waals surface area contributed by atoms with Crippen molar-refractivity contribution >= 4 is 33.0 Å². The normalized spacial score (nSPS) is 11.6. The Hall–Kier alpha value is -3.27. The molecule has 1 N–H and O–H groups in total. The van der Waals surface area contributed by atoms with Crippen molar-refractivity contribution in [2.45, 2.75) is 18.4 Å². The first-order chi connectivity index (χ1) is 15.8. The summed E-state index contributed by atoms with van der Waals surface area (Å²) in [4.78, 5) is 14.3. The highest BCUT2D eigenvalue weighted by Crippen LogP contribution is 2.28. The molecule has 0 fully saturated rings. The first-order valence-corrected chi connectivity index (χ1v) is 12.6. The molecular formula is C24H24N4O3S2. The lowest BCUT2D eigenvalue weighted by Gasteiger charge is -2.15. The van der Waals surface area contributed by atoms with E-state index in [0.29, 0.717) is 29.1 Å². The van der Waals surface area contributed by atoms with Crippen molar-refractivity contribution in [2.75, 3.05) is 19.4 Å². The molecule has 1 amide bonds. The number of hydrogen-bond acceptors (Lipinski definition) is 5.